The molecule has 13 nitrogen and oxygen atoms in total. The molecule has 6 rings (SSSR count). The number of sulfonamides is 2. The van der Waals surface area contributed by atoms with Gasteiger partial charge in [-0.15, -0.1) is 0 Å². The van der Waals surface area contributed by atoms with E-state index in [0.717, 1.165) is 61.7 Å². The van der Waals surface area contributed by atoms with Crippen LogP contribution in [-0.4, -0.2) is 61.1 Å². The molecule has 15 heteroatoms. The van der Waals surface area contributed by atoms with Crippen molar-refractivity contribution in [1.82, 2.24) is 5.32 Å². The Morgan fingerprint density at radius 2 is 0.983 bits per heavy atom. The zero-order valence-electron chi connectivity index (χ0n) is 33.3. The van der Waals surface area contributed by atoms with Gasteiger partial charge in [0.2, 0.25) is 26.0 Å². The number of carboxylic acids is 1. The maximum Gasteiger partial charge on any atom is 0.310 e. The molecule has 6 aromatic rings. The van der Waals surface area contributed by atoms with E-state index < -0.39 is 31.9 Å². The first-order valence-electron chi connectivity index (χ1n) is 18.5. The predicted octanol–water partition coefficient (Wildman–Crippen LogP) is 5.83. The van der Waals surface area contributed by atoms with Gasteiger partial charge in [0, 0.05) is 6.54 Å². The smallest absolute Gasteiger partial charge is 0.310 e. The third-order valence-corrected chi connectivity index (χ3v) is 11.4. The fourth-order valence-corrected chi connectivity index (χ4v) is 6.94. The second-order valence-corrected chi connectivity index (χ2v) is 16.8. The average molecular weight is 843 g/mol. The molecule has 0 fully saturated rings. The number of carbonyl (C=O) groups is 2. The summed E-state index contributed by atoms with van der Waals surface area (Å²) in [6.07, 6.45) is 1.34. The van der Waals surface area contributed by atoms with E-state index >= 15 is 0 Å². The molecule has 0 heterocycles. The number of primary sulfonamides is 2. The molecule has 0 aliphatic rings. The number of carboxylic acid groups (broad SMARTS) is 1. The molecule has 312 valence electrons. The van der Waals surface area contributed by atoms with Crippen LogP contribution in [0, 0.1) is 0 Å². The van der Waals surface area contributed by atoms with E-state index in [1.165, 1.54) is 24.3 Å². The highest BCUT2D eigenvalue weighted by Crippen LogP contribution is 2.27. The lowest BCUT2D eigenvalue weighted by molar-refractivity contribution is -0.138. The van der Waals surface area contributed by atoms with Gasteiger partial charge < -0.3 is 25.6 Å². The number of ether oxygens (including phenoxy) is 2. The summed E-state index contributed by atoms with van der Waals surface area (Å²) in [7, 11) is -4.00. The molecule has 0 bridgehead atoms. The van der Waals surface area contributed by atoms with Crippen LogP contribution < -0.4 is 30.8 Å². The molecule has 0 radical (unpaired) electrons. The molecule has 8 N–H and O–H groups in total. The van der Waals surface area contributed by atoms with Crippen LogP contribution in [0.25, 0.3) is 21.5 Å². The minimum atomic E-state index is -3.69. The van der Waals surface area contributed by atoms with Gasteiger partial charge in [-0.05, 0) is 126 Å². The summed E-state index contributed by atoms with van der Waals surface area (Å²) in [4.78, 5) is 23.7. The molecule has 1 amide bonds. The standard InChI is InChI=1S/C22H24N2O4S.C14H14O3.C8H12N2O2S/c1-15(17-5-6-19-14-20(28-2)8-7-18(19)13-17)22(25)24-12-11-16-3-9-21(10-4-16)29(23,26)27;1-9(14(15)16)10-3-4-12-8-13(17-2)6-5-11(12)7-10;9-6-5-7-1-3-8(4-2-7)13(10,11)12/h3-10,13-15H,11-12H2,1-2H3,(H,24,25)(H2,23,26,27);3-9H,1-2H3,(H,15,16);1-4H,5-6,9H2,(H2,10,11,12). The summed E-state index contributed by atoms with van der Waals surface area (Å²) in [6.45, 7) is 4.57. The van der Waals surface area contributed by atoms with Crippen LogP contribution >= 0.6 is 0 Å². The Morgan fingerprint density at radius 3 is 1.37 bits per heavy atom. The van der Waals surface area contributed by atoms with Crippen molar-refractivity contribution in [3.05, 3.63) is 144 Å². The van der Waals surface area contributed by atoms with Crippen molar-refractivity contribution in [1.29, 1.82) is 0 Å². The van der Waals surface area contributed by atoms with Crippen LogP contribution in [0.3, 0.4) is 0 Å². The van der Waals surface area contributed by atoms with Crippen LogP contribution in [0.4, 0.5) is 0 Å². The molecule has 0 aliphatic carbocycles. The zero-order valence-corrected chi connectivity index (χ0v) is 34.9. The number of hydrogen-bond donors (Lipinski definition) is 5. The van der Waals surface area contributed by atoms with Gasteiger partial charge in [0.1, 0.15) is 11.5 Å². The number of hydrogen-bond acceptors (Lipinski definition) is 9. The van der Waals surface area contributed by atoms with E-state index in [4.69, 9.17) is 30.6 Å². The van der Waals surface area contributed by atoms with E-state index in [1.54, 1.807) is 45.4 Å². The van der Waals surface area contributed by atoms with E-state index in [1.807, 2.05) is 79.7 Å². The van der Waals surface area contributed by atoms with Crippen LogP contribution in [0.5, 0.6) is 11.5 Å². The molecule has 2 unspecified atom stereocenters. The Hall–Kier alpha value is -5.84. The lowest BCUT2D eigenvalue weighted by atomic mass is 9.97. The van der Waals surface area contributed by atoms with E-state index in [9.17, 15) is 26.4 Å². The molecule has 59 heavy (non-hydrogen) atoms. The second-order valence-electron chi connectivity index (χ2n) is 13.7. The lowest BCUT2D eigenvalue weighted by Gasteiger charge is -2.14. The monoisotopic (exact) mass is 842 g/mol. The highest BCUT2D eigenvalue weighted by molar-refractivity contribution is 7.89. The largest absolute Gasteiger partial charge is 0.497 e. The molecular formula is C44H50N4O9S2. The van der Waals surface area contributed by atoms with Gasteiger partial charge in [-0.1, -0.05) is 72.8 Å². The number of methoxy groups -OCH3 is 2. The maximum absolute atomic E-state index is 12.5. The van der Waals surface area contributed by atoms with Gasteiger partial charge in [0.05, 0.1) is 35.8 Å². The van der Waals surface area contributed by atoms with Crippen LogP contribution in [0.1, 0.15) is 47.9 Å². The van der Waals surface area contributed by atoms with Gasteiger partial charge in [-0.3, -0.25) is 9.59 Å². The summed E-state index contributed by atoms with van der Waals surface area (Å²) in [6, 6.07) is 36.0. The summed E-state index contributed by atoms with van der Waals surface area (Å²) in [5, 5.41) is 26.1. The van der Waals surface area contributed by atoms with Gasteiger partial charge in [-0.2, -0.15) is 0 Å². The lowest BCUT2D eigenvalue weighted by Crippen LogP contribution is -2.29. The van der Waals surface area contributed by atoms with Gasteiger partial charge >= 0.3 is 5.97 Å². The van der Waals surface area contributed by atoms with Gasteiger partial charge in [-0.25, -0.2) is 27.1 Å². The van der Waals surface area contributed by atoms with Crippen LogP contribution in [0.15, 0.2) is 131 Å². The Balaban J connectivity index is 0.000000216. The minimum Gasteiger partial charge on any atom is -0.497 e. The molecule has 2 atom stereocenters. The number of nitrogens with one attached hydrogen (secondary N) is 1. The number of amides is 1. The number of fused-ring (bicyclic) bond motifs is 2. The predicted molar refractivity (Wildman–Crippen MR) is 231 cm³/mol. The van der Waals surface area contributed by atoms with Crippen molar-refractivity contribution in [2.75, 3.05) is 27.3 Å². The van der Waals surface area contributed by atoms with Crippen molar-refractivity contribution in [2.45, 2.75) is 48.3 Å². The highest BCUT2D eigenvalue weighted by atomic mass is 32.2. The first-order chi connectivity index (χ1) is 27.9. The second kappa shape index (κ2) is 20.7. The number of rotatable bonds is 13. The number of aliphatic carboxylic acids is 1. The van der Waals surface area contributed by atoms with E-state index in [0.29, 0.717) is 19.5 Å². The average Bonchev–Trinajstić information content (AvgIpc) is 3.22. The van der Waals surface area contributed by atoms with Crippen LogP contribution in [-0.2, 0) is 42.5 Å². The zero-order chi connectivity index (χ0) is 43.3. The van der Waals surface area contributed by atoms with Crippen molar-refractivity contribution < 1.29 is 41.0 Å². The summed E-state index contributed by atoms with van der Waals surface area (Å²) < 4.78 is 54.7. The molecule has 0 aliphatic heterocycles. The Kier molecular flexibility index (Phi) is 16.1. The molecule has 0 saturated carbocycles. The maximum atomic E-state index is 12.5. The first-order valence-corrected chi connectivity index (χ1v) is 21.6. The summed E-state index contributed by atoms with van der Waals surface area (Å²) in [5.74, 6) is -0.0330. The van der Waals surface area contributed by atoms with Gasteiger partial charge in [0.15, 0.2) is 0 Å². The minimum absolute atomic E-state index is 0.0565. The fourth-order valence-electron chi connectivity index (χ4n) is 5.91. The first kappa shape index (κ1) is 45.9. The van der Waals surface area contributed by atoms with Crippen LogP contribution in [0.2, 0.25) is 0 Å². The molecule has 0 spiro atoms. The number of benzene rings is 6. The summed E-state index contributed by atoms with van der Waals surface area (Å²) >= 11 is 0. The normalized spacial score (nSPS) is 12.3. The quantitative estimate of drug-likeness (QED) is 0.0934. The molecule has 6 aromatic carbocycles. The number of nitrogens with two attached hydrogens (primary N) is 3. The Labute approximate surface area is 345 Å². The molecule has 0 aromatic heterocycles. The van der Waals surface area contributed by atoms with Crippen molar-refractivity contribution in [3.8, 4) is 11.5 Å². The SMILES string of the molecule is COc1ccc2cc(C(C)C(=O)NCCc3ccc(S(N)(=O)=O)cc3)ccc2c1.COc1ccc2cc(C(C)C(=O)O)ccc2c1.NCCc1ccc(S(N)(=O)=O)cc1. The Bertz CT molecular complexity index is 2600. The van der Waals surface area contributed by atoms with Gasteiger partial charge in [0.25, 0.3) is 0 Å². The topological polar surface area (TPSA) is 231 Å². The molecule has 0 saturated heterocycles. The highest BCUT2D eigenvalue weighted by Gasteiger charge is 2.16. The van der Waals surface area contributed by atoms with E-state index in [-0.39, 0.29) is 21.6 Å². The van der Waals surface area contributed by atoms with Crippen molar-refractivity contribution >= 4 is 53.5 Å². The Morgan fingerprint density at radius 1 is 0.593 bits per heavy atom. The van der Waals surface area contributed by atoms with Crippen molar-refractivity contribution in [2.24, 2.45) is 16.0 Å². The van der Waals surface area contributed by atoms with Crippen molar-refractivity contribution in [3.63, 3.8) is 0 Å². The van der Waals surface area contributed by atoms with E-state index in [2.05, 4.69) is 5.32 Å². The third kappa shape index (κ3) is 13.3. The summed E-state index contributed by atoms with van der Waals surface area (Å²) in [5.41, 5.74) is 9.03. The number of carbonyl (C=O) groups excluding carboxylic acids is 1. The fraction of sp³-hybridized carbons (Fsp3) is 0.227. The molecular weight excluding hydrogens is 793 g/mol. The third-order valence-electron chi connectivity index (χ3n) is 9.56.